The quantitative estimate of drug-likeness (QED) is 0.499. The van der Waals surface area contributed by atoms with Gasteiger partial charge in [0.25, 0.3) is 0 Å². The SMILES string of the molecule is Cc1ccc(-c2noc(C(C)N3CCN(C(=O)CSC(C)C(=O)Nc4cc(C)on4)CC3)n2)cc1. The highest BCUT2D eigenvalue weighted by Crippen LogP contribution is 2.24. The fraction of sp³-hybridized carbons (Fsp3) is 0.458. The number of amides is 2. The number of hydrogen-bond donors (Lipinski definition) is 1. The number of anilines is 1. The first-order valence-corrected chi connectivity index (χ1v) is 12.6. The van der Waals surface area contributed by atoms with E-state index in [4.69, 9.17) is 9.05 Å². The predicted octanol–water partition coefficient (Wildman–Crippen LogP) is 3.31. The lowest BCUT2D eigenvalue weighted by Gasteiger charge is -2.36. The van der Waals surface area contributed by atoms with Crippen LogP contribution in [0.4, 0.5) is 5.82 Å². The van der Waals surface area contributed by atoms with E-state index in [1.165, 1.54) is 17.3 Å². The molecular weight excluding hydrogens is 468 g/mol. The minimum absolute atomic E-state index is 0.0266. The Bertz CT molecular complexity index is 1150. The van der Waals surface area contributed by atoms with Crippen LogP contribution in [-0.2, 0) is 9.59 Å². The van der Waals surface area contributed by atoms with Crippen LogP contribution in [0.5, 0.6) is 0 Å². The summed E-state index contributed by atoms with van der Waals surface area (Å²) < 4.78 is 10.5. The largest absolute Gasteiger partial charge is 0.360 e. The van der Waals surface area contributed by atoms with Crippen molar-refractivity contribution in [3.63, 3.8) is 0 Å². The fourth-order valence-corrected chi connectivity index (χ4v) is 4.54. The lowest BCUT2D eigenvalue weighted by molar-refractivity contribution is -0.130. The number of thioether (sulfide) groups is 1. The Morgan fingerprint density at radius 2 is 1.77 bits per heavy atom. The Hall–Kier alpha value is -3.18. The number of carbonyl (C=O) groups is 2. The number of benzene rings is 1. The number of carbonyl (C=O) groups excluding carboxylic acids is 2. The number of nitrogens with one attached hydrogen (secondary N) is 1. The molecule has 186 valence electrons. The van der Waals surface area contributed by atoms with E-state index >= 15 is 0 Å². The highest BCUT2D eigenvalue weighted by Gasteiger charge is 2.28. The second-order valence-electron chi connectivity index (χ2n) is 8.68. The maximum Gasteiger partial charge on any atom is 0.244 e. The van der Waals surface area contributed by atoms with E-state index in [0.29, 0.717) is 49.5 Å². The normalized spacial score (nSPS) is 16.2. The first kappa shape index (κ1) is 24.9. The summed E-state index contributed by atoms with van der Waals surface area (Å²) in [6, 6.07) is 9.62. The molecule has 2 amide bonds. The van der Waals surface area contributed by atoms with Crippen molar-refractivity contribution < 1.29 is 18.6 Å². The van der Waals surface area contributed by atoms with Crippen LogP contribution in [0.25, 0.3) is 11.4 Å². The summed E-state index contributed by atoms with van der Waals surface area (Å²) >= 11 is 1.31. The Morgan fingerprint density at radius 1 is 1.06 bits per heavy atom. The van der Waals surface area contributed by atoms with Crippen LogP contribution < -0.4 is 5.32 Å². The van der Waals surface area contributed by atoms with Gasteiger partial charge in [0.15, 0.2) is 5.82 Å². The van der Waals surface area contributed by atoms with Gasteiger partial charge >= 0.3 is 0 Å². The molecule has 2 unspecified atom stereocenters. The summed E-state index contributed by atoms with van der Waals surface area (Å²) in [4.78, 5) is 33.7. The molecule has 10 nitrogen and oxygen atoms in total. The van der Waals surface area contributed by atoms with E-state index in [0.717, 1.165) is 5.56 Å². The molecule has 1 aromatic carbocycles. The standard InChI is InChI=1S/C24H30N6O4S/c1-15-5-7-19(8-6-15)22-26-24(34-28-22)17(3)29-9-11-30(12-10-29)21(31)14-35-18(4)23(32)25-20-13-16(2)33-27-20/h5-8,13,17-18H,9-12,14H2,1-4H3,(H,25,27,32). The van der Waals surface area contributed by atoms with Gasteiger partial charge in [-0.1, -0.05) is 40.1 Å². The van der Waals surface area contributed by atoms with Crippen LogP contribution in [0.1, 0.15) is 37.1 Å². The van der Waals surface area contributed by atoms with Crippen LogP contribution in [0.3, 0.4) is 0 Å². The molecule has 1 fully saturated rings. The van der Waals surface area contributed by atoms with E-state index in [-0.39, 0.29) is 23.6 Å². The molecule has 11 heteroatoms. The second-order valence-corrected chi connectivity index (χ2v) is 10.0. The molecular formula is C24H30N6O4S. The molecule has 0 bridgehead atoms. The van der Waals surface area contributed by atoms with Gasteiger partial charge in [-0.25, -0.2) is 0 Å². The third-order valence-electron chi connectivity index (χ3n) is 6.03. The molecule has 4 rings (SSSR count). The first-order valence-electron chi connectivity index (χ1n) is 11.6. The zero-order chi connectivity index (χ0) is 24.9. The molecule has 1 aliphatic heterocycles. The highest BCUT2D eigenvalue weighted by atomic mass is 32.2. The molecule has 2 aromatic heterocycles. The van der Waals surface area contributed by atoms with Crippen LogP contribution in [0.15, 0.2) is 39.4 Å². The minimum Gasteiger partial charge on any atom is -0.360 e. The van der Waals surface area contributed by atoms with Crippen LogP contribution >= 0.6 is 11.8 Å². The minimum atomic E-state index is -0.391. The molecule has 1 saturated heterocycles. The van der Waals surface area contributed by atoms with Gasteiger partial charge in [-0.05, 0) is 27.7 Å². The van der Waals surface area contributed by atoms with Gasteiger partial charge in [0, 0.05) is 37.8 Å². The lowest BCUT2D eigenvalue weighted by atomic mass is 10.1. The van der Waals surface area contributed by atoms with Crippen molar-refractivity contribution in [2.24, 2.45) is 0 Å². The number of aryl methyl sites for hydroxylation is 2. The van der Waals surface area contributed by atoms with Crippen molar-refractivity contribution in [2.75, 3.05) is 37.2 Å². The molecule has 1 aliphatic rings. The summed E-state index contributed by atoms with van der Waals surface area (Å²) in [5.41, 5.74) is 2.10. The van der Waals surface area contributed by atoms with Gasteiger partial charge in [0.2, 0.25) is 23.5 Å². The summed E-state index contributed by atoms with van der Waals surface area (Å²) in [7, 11) is 0. The topological polar surface area (TPSA) is 118 Å². The monoisotopic (exact) mass is 498 g/mol. The van der Waals surface area contributed by atoms with Crippen LogP contribution in [0.2, 0.25) is 0 Å². The Morgan fingerprint density at radius 3 is 2.43 bits per heavy atom. The maximum atomic E-state index is 12.7. The summed E-state index contributed by atoms with van der Waals surface area (Å²) in [6.07, 6.45) is 0. The predicted molar refractivity (Wildman–Crippen MR) is 133 cm³/mol. The van der Waals surface area contributed by atoms with Gasteiger partial charge in [-0.2, -0.15) is 4.98 Å². The molecule has 35 heavy (non-hydrogen) atoms. The van der Waals surface area contributed by atoms with Crippen molar-refractivity contribution >= 4 is 29.4 Å². The van der Waals surface area contributed by atoms with Crippen molar-refractivity contribution in [3.05, 3.63) is 47.5 Å². The van der Waals surface area contributed by atoms with Crippen LogP contribution in [0, 0.1) is 13.8 Å². The van der Waals surface area contributed by atoms with Crippen molar-refractivity contribution in [1.29, 1.82) is 0 Å². The molecule has 0 aliphatic carbocycles. The van der Waals surface area contributed by atoms with Crippen LogP contribution in [-0.4, -0.2) is 74.1 Å². The van der Waals surface area contributed by atoms with Crippen molar-refractivity contribution in [3.8, 4) is 11.4 Å². The summed E-state index contributed by atoms with van der Waals surface area (Å²) in [5, 5.41) is 10.2. The second kappa shape index (κ2) is 11.0. The average molecular weight is 499 g/mol. The third kappa shape index (κ3) is 6.29. The number of nitrogens with zero attached hydrogens (tertiary/aromatic N) is 5. The Balaban J connectivity index is 1.22. The summed E-state index contributed by atoms with van der Waals surface area (Å²) in [5.74, 6) is 2.20. The maximum absolute atomic E-state index is 12.7. The molecule has 0 radical (unpaired) electrons. The molecule has 0 spiro atoms. The zero-order valence-electron chi connectivity index (χ0n) is 20.4. The Kier molecular flexibility index (Phi) is 7.86. The smallest absolute Gasteiger partial charge is 0.244 e. The van der Waals surface area contributed by atoms with Gasteiger partial charge in [-0.15, -0.1) is 11.8 Å². The van der Waals surface area contributed by atoms with E-state index in [1.807, 2.05) is 43.0 Å². The fourth-order valence-electron chi connectivity index (χ4n) is 3.76. The van der Waals surface area contributed by atoms with Gasteiger partial charge in [-0.3, -0.25) is 14.5 Å². The summed E-state index contributed by atoms with van der Waals surface area (Å²) in [6.45, 7) is 10.2. The molecule has 3 aromatic rings. The van der Waals surface area contributed by atoms with Gasteiger partial charge in [0.05, 0.1) is 17.0 Å². The number of rotatable bonds is 8. The molecule has 3 heterocycles. The number of hydrogen-bond acceptors (Lipinski definition) is 9. The van der Waals surface area contributed by atoms with Crippen molar-refractivity contribution in [1.82, 2.24) is 25.1 Å². The first-order chi connectivity index (χ1) is 16.8. The number of aromatic nitrogens is 3. The molecule has 0 saturated carbocycles. The van der Waals surface area contributed by atoms with E-state index in [9.17, 15) is 9.59 Å². The highest BCUT2D eigenvalue weighted by molar-refractivity contribution is 8.01. The Labute approximate surface area is 208 Å². The lowest BCUT2D eigenvalue weighted by Crippen LogP contribution is -2.50. The van der Waals surface area contributed by atoms with E-state index in [1.54, 1.807) is 19.9 Å². The number of piperazine rings is 1. The van der Waals surface area contributed by atoms with Gasteiger partial charge < -0.3 is 19.3 Å². The van der Waals surface area contributed by atoms with Crippen molar-refractivity contribution in [2.45, 2.75) is 39.0 Å². The van der Waals surface area contributed by atoms with Gasteiger partial charge in [0.1, 0.15) is 5.76 Å². The third-order valence-corrected chi connectivity index (χ3v) is 7.16. The molecule has 2 atom stereocenters. The molecule has 1 N–H and O–H groups in total. The zero-order valence-corrected chi connectivity index (χ0v) is 21.2. The van der Waals surface area contributed by atoms with E-state index in [2.05, 4.69) is 25.5 Å². The van der Waals surface area contributed by atoms with E-state index < -0.39 is 5.25 Å². The average Bonchev–Trinajstić information content (AvgIpc) is 3.51.